The van der Waals surface area contributed by atoms with Crippen LogP contribution in [0.1, 0.15) is 26.7 Å². The van der Waals surface area contributed by atoms with Gasteiger partial charge in [0, 0.05) is 27.6 Å². The molecule has 0 aliphatic heterocycles. The lowest BCUT2D eigenvalue weighted by Gasteiger charge is -2.29. The molecule has 18 heavy (non-hydrogen) atoms. The number of hydrogen-bond acceptors (Lipinski definition) is 6. The number of hydrogen-bond donors (Lipinski definition) is 2. The Morgan fingerprint density at radius 1 is 1.33 bits per heavy atom. The first kappa shape index (κ1) is 17.2. The van der Waals surface area contributed by atoms with Gasteiger partial charge in [-0.15, -0.1) is 12.6 Å². The van der Waals surface area contributed by atoms with Crippen LogP contribution < -0.4 is 5.32 Å². The zero-order valence-electron chi connectivity index (χ0n) is 11.2. The lowest BCUT2D eigenvalue weighted by molar-refractivity contribution is -0.153. The second kappa shape index (κ2) is 8.34. The van der Waals surface area contributed by atoms with Crippen LogP contribution in [-0.2, 0) is 23.8 Å². The molecule has 1 unspecified atom stereocenters. The Kier molecular flexibility index (Phi) is 7.97. The average Bonchev–Trinajstić information content (AvgIpc) is 2.29. The van der Waals surface area contributed by atoms with E-state index in [9.17, 15) is 9.59 Å². The van der Waals surface area contributed by atoms with Gasteiger partial charge in [-0.25, -0.2) is 4.79 Å². The van der Waals surface area contributed by atoms with E-state index in [1.165, 1.54) is 21.1 Å². The summed E-state index contributed by atoms with van der Waals surface area (Å²) >= 11 is 3.82. The van der Waals surface area contributed by atoms with E-state index in [1.807, 2.05) is 0 Å². The Balaban J connectivity index is 4.65. The SMILES string of the molecule is COC(CCC(C)(NC(C)=O)C(=O)OCS)OC. The predicted octanol–water partition coefficient (Wildman–Crippen LogP) is 0.711. The van der Waals surface area contributed by atoms with Crippen molar-refractivity contribution in [2.45, 2.75) is 38.5 Å². The van der Waals surface area contributed by atoms with Gasteiger partial charge in [-0.1, -0.05) is 0 Å². The number of thiol groups is 1. The van der Waals surface area contributed by atoms with Crippen LogP contribution in [0.2, 0.25) is 0 Å². The molecule has 0 aromatic heterocycles. The molecule has 0 aliphatic rings. The Morgan fingerprint density at radius 3 is 2.28 bits per heavy atom. The normalized spacial score (nSPS) is 14.1. The van der Waals surface area contributed by atoms with E-state index in [4.69, 9.17) is 14.2 Å². The molecular formula is C11H21NO5S. The summed E-state index contributed by atoms with van der Waals surface area (Å²) in [5.74, 6) is -0.870. The number of ether oxygens (including phenoxy) is 3. The Labute approximate surface area is 113 Å². The first-order chi connectivity index (χ1) is 8.39. The minimum Gasteiger partial charge on any atom is -0.453 e. The smallest absolute Gasteiger partial charge is 0.332 e. The number of carbonyl (C=O) groups excluding carboxylic acids is 2. The van der Waals surface area contributed by atoms with Gasteiger partial charge in [0.15, 0.2) is 6.29 Å². The topological polar surface area (TPSA) is 73.9 Å². The van der Waals surface area contributed by atoms with Gasteiger partial charge in [0.1, 0.15) is 11.5 Å². The number of rotatable bonds is 8. The largest absolute Gasteiger partial charge is 0.453 e. The van der Waals surface area contributed by atoms with E-state index in [1.54, 1.807) is 6.92 Å². The highest BCUT2D eigenvalue weighted by molar-refractivity contribution is 7.80. The average molecular weight is 279 g/mol. The molecule has 0 bridgehead atoms. The Bertz CT molecular complexity index is 283. The lowest BCUT2D eigenvalue weighted by atomic mass is 9.95. The van der Waals surface area contributed by atoms with E-state index in [0.29, 0.717) is 12.8 Å². The van der Waals surface area contributed by atoms with Crippen molar-refractivity contribution in [3.63, 3.8) is 0 Å². The maximum absolute atomic E-state index is 11.8. The molecule has 0 spiro atoms. The van der Waals surface area contributed by atoms with Crippen LogP contribution in [0, 0.1) is 0 Å². The molecule has 0 saturated carbocycles. The Hall–Kier alpha value is -0.790. The van der Waals surface area contributed by atoms with Gasteiger partial charge in [0.05, 0.1) is 0 Å². The van der Waals surface area contributed by atoms with Crippen LogP contribution in [0.25, 0.3) is 0 Å². The summed E-state index contributed by atoms with van der Waals surface area (Å²) in [6, 6.07) is 0. The van der Waals surface area contributed by atoms with Crippen molar-refractivity contribution in [3.8, 4) is 0 Å². The summed E-state index contributed by atoms with van der Waals surface area (Å²) in [4.78, 5) is 23.0. The number of amides is 1. The summed E-state index contributed by atoms with van der Waals surface area (Å²) < 4.78 is 14.9. The zero-order valence-corrected chi connectivity index (χ0v) is 12.1. The van der Waals surface area contributed by atoms with Crippen molar-refractivity contribution in [2.75, 3.05) is 20.2 Å². The first-order valence-corrected chi connectivity index (χ1v) is 6.15. The standard InChI is InChI=1S/C11H21NO5S/c1-8(13)12-11(2,10(14)17-7-18)6-5-9(15-3)16-4/h9,18H,5-7H2,1-4H3,(H,12,13). The third-order valence-corrected chi connectivity index (χ3v) is 2.63. The van der Waals surface area contributed by atoms with Crippen LogP contribution in [0.3, 0.4) is 0 Å². The molecule has 106 valence electrons. The van der Waals surface area contributed by atoms with Gasteiger partial charge in [-0.3, -0.25) is 4.79 Å². The fraction of sp³-hybridized carbons (Fsp3) is 0.818. The molecule has 7 heteroatoms. The fourth-order valence-electron chi connectivity index (χ4n) is 1.56. The molecule has 0 aromatic rings. The molecule has 6 nitrogen and oxygen atoms in total. The highest BCUT2D eigenvalue weighted by atomic mass is 32.1. The fourth-order valence-corrected chi connectivity index (χ4v) is 1.68. The van der Waals surface area contributed by atoms with E-state index in [0.717, 1.165) is 0 Å². The Morgan fingerprint density at radius 2 is 1.89 bits per heavy atom. The first-order valence-electron chi connectivity index (χ1n) is 5.52. The van der Waals surface area contributed by atoms with E-state index >= 15 is 0 Å². The molecule has 1 N–H and O–H groups in total. The molecule has 1 amide bonds. The highest BCUT2D eigenvalue weighted by Gasteiger charge is 2.36. The summed E-state index contributed by atoms with van der Waals surface area (Å²) in [5.41, 5.74) is -1.11. The molecule has 0 fully saturated rings. The summed E-state index contributed by atoms with van der Waals surface area (Å²) in [6.45, 7) is 2.94. The van der Waals surface area contributed by atoms with Gasteiger partial charge >= 0.3 is 5.97 Å². The van der Waals surface area contributed by atoms with Crippen molar-refractivity contribution in [3.05, 3.63) is 0 Å². The highest BCUT2D eigenvalue weighted by Crippen LogP contribution is 2.18. The van der Waals surface area contributed by atoms with E-state index < -0.39 is 17.8 Å². The number of carbonyl (C=O) groups is 2. The molecule has 1 atom stereocenters. The van der Waals surface area contributed by atoms with Gasteiger partial charge in [0.2, 0.25) is 5.91 Å². The van der Waals surface area contributed by atoms with Crippen molar-refractivity contribution < 1.29 is 23.8 Å². The molecular weight excluding hydrogens is 258 g/mol. The van der Waals surface area contributed by atoms with Crippen LogP contribution in [0.15, 0.2) is 0 Å². The van der Waals surface area contributed by atoms with Crippen molar-refractivity contribution in [2.24, 2.45) is 0 Å². The number of nitrogens with one attached hydrogen (secondary N) is 1. The second-order valence-electron chi connectivity index (χ2n) is 4.01. The van der Waals surface area contributed by atoms with Gasteiger partial charge in [-0.05, 0) is 13.3 Å². The van der Waals surface area contributed by atoms with Crippen molar-refractivity contribution in [1.82, 2.24) is 5.32 Å². The summed E-state index contributed by atoms with van der Waals surface area (Å²) in [6.07, 6.45) is 0.360. The van der Waals surface area contributed by atoms with E-state index in [2.05, 4.69) is 17.9 Å². The maximum Gasteiger partial charge on any atom is 0.332 e. The van der Waals surface area contributed by atoms with Crippen molar-refractivity contribution in [1.29, 1.82) is 0 Å². The summed E-state index contributed by atoms with van der Waals surface area (Å²) in [5, 5.41) is 2.59. The second-order valence-corrected chi connectivity index (χ2v) is 4.27. The van der Waals surface area contributed by atoms with Gasteiger partial charge in [-0.2, -0.15) is 0 Å². The van der Waals surface area contributed by atoms with Gasteiger partial charge in [0.25, 0.3) is 0 Å². The minimum atomic E-state index is -1.11. The molecule has 0 aliphatic carbocycles. The van der Waals surface area contributed by atoms with Crippen molar-refractivity contribution >= 4 is 24.5 Å². The number of methoxy groups -OCH3 is 2. The maximum atomic E-state index is 11.8. The quantitative estimate of drug-likeness (QED) is 0.389. The molecule has 0 aromatic carbocycles. The molecule has 0 heterocycles. The van der Waals surface area contributed by atoms with E-state index in [-0.39, 0.29) is 11.8 Å². The predicted molar refractivity (Wildman–Crippen MR) is 69.2 cm³/mol. The third-order valence-electron chi connectivity index (χ3n) is 2.50. The molecule has 0 saturated heterocycles. The lowest BCUT2D eigenvalue weighted by Crippen LogP contribution is -2.52. The summed E-state index contributed by atoms with van der Waals surface area (Å²) in [7, 11) is 3.02. The van der Waals surface area contributed by atoms with Crippen LogP contribution >= 0.6 is 12.6 Å². The van der Waals surface area contributed by atoms with Crippen LogP contribution in [-0.4, -0.2) is 43.9 Å². The van der Waals surface area contributed by atoms with Crippen LogP contribution in [0.5, 0.6) is 0 Å². The zero-order chi connectivity index (χ0) is 14.2. The minimum absolute atomic E-state index is 0.0357. The molecule has 0 rings (SSSR count). The van der Waals surface area contributed by atoms with Crippen LogP contribution in [0.4, 0.5) is 0 Å². The third kappa shape index (κ3) is 5.70. The van der Waals surface area contributed by atoms with Gasteiger partial charge < -0.3 is 19.5 Å². The monoisotopic (exact) mass is 279 g/mol. The number of esters is 1. The molecule has 0 radical (unpaired) electrons.